The zero-order valence-electron chi connectivity index (χ0n) is 11.4. The molecule has 0 bridgehead atoms. The van der Waals surface area contributed by atoms with Crippen LogP contribution >= 0.6 is 15.9 Å². The Morgan fingerprint density at radius 1 is 1.50 bits per heavy atom. The summed E-state index contributed by atoms with van der Waals surface area (Å²) in [6, 6.07) is 0. The van der Waals surface area contributed by atoms with E-state index in [1.54, 1.807) is 0 Å². The summed E-state index contributed by atoms with van der Waals surface area (Å²) in [4.78, 5) is 0. The van der Waals surface area contributed by atoms with Gasteiger partial charge in [0.1, 0.15) is 0 Å². The first-order valence-electron chi connectivity index (χ1n) is 6.63. The third-order valence-electron chi connectivity index (χ3n) is 3.59. The zero-order chi connectivity index (χ0) is 13.1. The van der Waals surface area contributed by atoms with E-state index in [2.05, 4.69) is 33.3 Å². The monoisotopic (exact) mass is 315 g/mol. The first kappa shape index (κ1) is 14.0. The van der Waals surface area contributed by atoms with Gasteiger partial charge in [-0.25, -0.2) is 0 Å². The van der Waals surface area contributed by atoms with Crippen molar-refractivity contribution in [3.8, 4) is 0 Å². The Morgan fingerprint density at radius 2 is 2.22 bits per heavy atom. The molecular weight excluding hydrogens is 294 g/mol. The van der Waals surface area contributed by atoms with Gasteiger partial charge in [-0.05, 0) is 62.1 Å². The maximum absolute atomic E-state index is 5.96. The van der Waals surface area contributed by atoms with E-state index >= 15 is 0 Å². The Hall–Kier alpha value is -0.390. The first-order valence-corrected chi connectivity index (χ1v) is 7.43. The van der Waals surface area contributed by atoms with Crippen molar-refractivity contribution in [2.24, 2.45) is 5.92 Å². The first-order chi connectivity index (χ1) is 8.65. The van der Waals surface area contributed by atoms with Crippen molar-refractivity contribution in [2.75, 3.05) is 13.6 Å². The largest absolute Gasteiger partial charge is 0.372 e. The molecule has 4 nitrogen and oxygen atoms in total. The van der Waals surface area contributed by atoms with Crippen LogP contribution in [0.3, 0.4) is 0 Å². The molecule has 1 fully saturated rings. The number of hydrogen-bond donors (Lipinski definition) is 1. The number of hydrogen-bond acceptors (Lipinski definition) is 3. The lowest BCUT2D eigenvalue weighted by Gasteiger charge is -2.35. The number of rotatable bonds is 6. The highest BCUT2D eigenvalue weighted by Crippen LogP contribution is 2.31. The van der Waals surface area contributed by atoms with E-state index in [0.717, 1.165) is 34.9 Å². The van der Waals surface area contributed by atoms with E-state index in [-0.39, 0.29) is 0 Å². The summed E-state index contributed by atoms with van der Waals surface area (Å²) in [6.45, 7) is 6.78. The minimum Gasteiger partial charge on any atom is -0.372 e. The Balaban J connectivity index is 1.84. The van der Waals surface area contributed by atoms with Gasteiger partial charge in [-0.15, -0.1) is 0 Å². The molecule has 0 atom stereocenters. The molecule has 1 saturated carbocycles. The molecule has 1 heterocycles. The fourth-order valence-electron chi connectivity index (χ4n) is 2.47. The lowest BCUT2D eigenvalue weighted by atomic mass is 9.82. The van der Waals surface area contributed by atoms with Crippen LogP contribution in [-0.4, -0.2) is 29.5 Å². The number of nitrogens with zero attached hydrogens (tertiary/aromatic N) is 2. The van der Waals surface area contributed by atoms with Crippen molar-refractivity contribution in [3.63, 3.8) is 0 Å². The molecule has 2 rings (SSSR count). The van der Waals surface area contributed by atoms with Gasteiger partial charge in [-0.1, -0.05) is 0 Å². The predicted octanol–water partition coefficient (Wildman–Crippen LogP) is 2.49. The van der Waals surface area contributed by atoms with E-state index in [4.69, 9.17) is 4.74 Å². The third-order valence-corrected chi connectivity index (χ3v) is 4.63. The lowest BCUT2D eigenvalue weighted by Crippen LogP contribution is -2.36. The number of ether oxygens (including phenoxy) is 1. The van der Waals surface area contributed by atoms with Crippen LogP contribution in [0.25, 0.3) is 0 Å². The third kappa shape index (κ3) is 2.95. The van der Waals surface area contributed by atoms with Gasteiger partial charge in [-0.2, -0.15) is 5.10 Å². The van der Waals surface area contributed by atoms with Crippen molar-refractivity contribution in [1.29, 1.82) is 0 Å². The van der Waals surface area contributed by atoms with Crippen molar-refractivity contribution < 1.29 is 4.74 Å². The second-order valence-electron chi connectivity index (χ2n) is 4.99. The second kappa shape index (κ2) is 6.17. The fourth-order valence-corrected chi connectivity index (χ4v) is 2.87. The van der Waals surface area contributed by atoms with Gasteiger partial charge >= 0.3 is 0 Å². The highest BCUT2D eigenvalue weighted by atomic mass is 79.9. The van der Waals surface area contributed by atoms with E-state index < -0.39 is 0 Å². The summed E-state index contributed by atoms with van der Waals surface area (Å²) in [6.07, 6.45) is 2.78. The Labute approximate surface area is 117 Å². The Bertz CT molecular complexity index is 399. The molecule has 0 radical (unpaired) electrons. The van der Waals surface area contributed by atoms with E-state index in [1.165, 1.54) is 12.8 Å². The summed E-state index contributed by atoms with van der Waals surface area (Å²) < 4.78 is 9.07. The van der Waals surface area contributed by atoms with E-state index in [0.29, 0.717) is 12.7 Å². The van der Waals surface area contributed by atoms with Crippen LogP contribution < -0.4 is 5.32 Å². The average molecular weight is 316 g/mol. The van der Waals surface area contributed by atoms with Crippen LogP contribution in [0.15, 0.2) is 4.47 Å². The number of halogens is 1. The van der Waals surface area contributed by atoms with Crippen LogP contribution in [0.1, 0.15) is 31.2 Å². The van der Waals surface area contributed by atoms with Gasteiger partial charge in [0.25, 0.3) is 0 Å². The summed E-state index contributed by atoms with van der Waals surface area (Å²) in [5.74, 6) is 0.793. The van der Waals surface area contributed by atoms with E-state index in [9.17, 15) is 0 Å². The smallest absolute Gasteiger partial charge is 0.0900 e. The molecule has 1 aromatic heterocycles. The molecule has 0 amide bonds. The Morgan fingerprint density at radius 3 is 2.83 bits per heavy atom. The molecule has 0 aromatic carbocycles. The molecule has 102 valence electrons. The molecule has 1 aliphatic carbocycles. The van der Waals surface area contributed by atoms with Gasteiger partial charge in [0.15, 0.2) is 0 Å². The van der Waals surface area contributed by atoms with Crippen molar-refractivity contribution in [3.05, 3.63) is 15.9 Å². The van der Waals surface area contributed by atoms with Crippen molar-refractivity contribution in [1.82, 2.24) is 15.1 Å². The average Bonchev–Trinajstić information content (AvgIpc) is 2.58. The minimum atomic E-state index is 0.427. The molecule has 1 N–H and O–H groups in total. The van der Waals surface area contributed by atoms with Crippen molar-refractivity contribution in [2.45, 2.75) is 45.9 Å². The molecule has 5 heteroatoms. The molecule has 1 aromatic rings. The number of aryl methyl sites for hydroxylation is 2. The SMILES string of the molecule is CCn1nc(C)c(Br)c1COC1CC(CNC)C1. The summed E-state index contributed by atoms with van der Waals surface area (Å²) >= 11 is 3.60. The quantitative estimate of drug-likeness (QED) is 0.876. The van der Waals surface area contributed by atoms with Gasteiger partial charge in [0, 0.05) is 6.54 Å². The van der Waals surface area contributed by atoms with Crippen molar-refractivity contribution >= 4 is 15.9 Å². The molecule has 1 aliphatic rings. The van der Waals surface area contributed by atoms with E-state index in [1.807, 2.05) is 18.7 Å². The number of aromatic nitrogens is 2. The fraction of sp³-hybridized carbons (Fsp3) is 0.769. The van der Waals surface area contributed by atoms with Gasteiger partial charge in [0.05, 0.1) is 28.6 Å². The highest BCUT2D eigenvalue weighted by molar-refractivity contribution is 9.10. The van der Waals surface area contributed by atoms with Gasteiger partial charge in [0.2, 0.25) is 0 Å². The van der Waals surface area contributed by atoms with Crippen LogP contribution in [0.2, 0.25) is 0 Å². The lowest BCUT2D eigenvalue weighted by molar-refractivity contribution is -0.0415. The minimum absolute atomic E-state index is 0.427. The van der Waals surface area contributed by atoms with Crippen LogP contribution in [0.4, 0.5) is 0 Å². The maximum atomic E-state index is 5.96. The maximum Gasteiger partial charge on any atom is 0.0900 e. The molecule has 0 unspecified atom stereocenters. The summed E-state index contributed by atoms with van der Waals surface area (Å²) in [7, 11) is 2.01. The molecule has 18 heavy (non-hydrogen) atoms. The molecule has 0 aliphatic heterocycles. The zero-order valence-corrected chi connectivity index (χ0v) is 13.0. The topological polar surface area (TPSA) is 39.1 Å². The van der Waals surface area contributed by atoms with Gasteiger partial charge in [-0.3, -0.25) is 4.68 Å². The molecule has 0 spiro atoms. The Kier molecular flexibility index (Phi) is 4.81. The predicted molar refractivity (Wildman–Crippen MR) is 75.6 cm³/mol. The number of nitrogens with one attached hydrogen (secondary N) is 1. The second-order valence-corrected chi connectivity index (χ2v) is 5.78. The summed E-state index contributed by atoms with van der Waals surface area (Å²) in [5.41, 5.74) is 2.20. The normalized spacial score (nSPS) is 23.1. The highest BCUT2D eigenvalue weighted by Gasteiger charge is 2.29. The molecule has 0 saturated heterocycles. The van der Waals surface area contributed by atoms with Crippen LogP contribution in [0.5, 0.6) is 0 Å². The summed E-state index contributed by atoms with van der Waals surface area (Å²) in [5, 5.41) is 7.69. The van der Waals surface area contributed by atoms with Gasteiger partial charge < -0.3 is 10.1 Å². The molecular formula is C13H22BrN3O. The standard InChI is InChI=1S/C13H22BrN3O/c1-4-17-12(13(14)9(2)16-17)8-18-11-5-10(6-11)7-15-3/h10-11,15H,4-8H2,1-3H3. The van der Waals surface area contributed by atoms with Crippen LogP contribution in [0, 0.1) is 12.8 Å². The van der Waals surface area contributed by atoms with Crippen LogP contribution in [-0.2, 0) is 17.9 Å².